The van der Waals surface area contributed by atoms with Crippen molar-refractivity contribution in [2.45, 2.75) is 45.6 Å². The van der Waals surface area contributed by atoms with Gasteiger partial charge in [0.2, 0.25) is 0 Å². The topological polar surface area (TPSA) is 38.1 Å². The summed E-state index contributed by atoms with van der Waals surface area (Å²) in [5.74, 6) is 0.371. The minimum Gasteiger partial charge on any atom is -0.337 e. The molecule has 0 spiro atoms. The van der Waals surface area contributed by atoms with E-state index in [1.54, 1.807) is 23.0 Å². The Bertz CT molecular complexity index is 712. The van der Waals surface area contributed by atoms with Crippen LogP contribution in [-0.4, -0.2) is 33.7 Å². The zero-order valence-electron chi connectivity index (χ0n) is 14.8. The van der Waals surface area contributed by atoms with Crippen molar-refractivity contribution >= 4 is 5.91 Å². The zero-order chi connectivity index (χ0) is 17.6. The molecule has 2 heterocycles. The van der Waals surface area contributed by atoms with Crippen molar-refractivity contribution < 1.29 is 9.18 Å². The maximum Gasteiger partial charge on any atom is 0.272 e. The van der Waals surface area contributed by atoms with Gasteiger partial charge < -0.3 is 4.90 Å². The molecule has 134 valence electrons. The summed E-state index contributed by atoms with van der Waals surface area (Å²) in [6.07, 6.45) is 6.41. The average Bonchev–Trinajstić information content (AvgIpc) is 3.09. The summed E-state index contributed by atoms with van der Waals surface area (Å²) < 4.78 is 15.6. The summed E-state index contributed by atoms with van der Waals surface area (Å²) in [6.45, 7) is 4.39. The quantitative estimate of drug-likeness (QED) is 0.797. The van der Waals surface area contributed by atoms with E-state index in [9.17, 15) is 9.18 Å². The number of piperidine rings is 1. The van der Waals surface area contributed by atoms with Crippen molar-refractivity contribution in [1.82, 2.24) is 14.7 Å². The first-order chi connectivity index (χ1) is 12.2. The highest BCUT2D eigenvalue weighted by Gasteiger charge is 2.26. The lowest BCUT2D eigenvalue weighted by Gasteiger charge is -2.33. The van der Waals surface area contributed by atoms with Gasteiger partial charge in [-0.15, -0.1) is 0 Å². The fourth-order valence-corrected chi connectivity index (χ4v) is 3.61. The van der Waals surface area contributed by atoms with Crippen LogP contribution in [0.5, 0.6) is 0 Å². The fraction of sp³-hybridized carbons (Fsp3) is 0.500. The van der Waals surface area contributed by atoms with E-state index in [-0.39, 0.29) is 11.7 Å². The second-order valence-corrected chi connectivity index (χ2v) is 6.83. The molecule has 1 atom stereocenters. The van der Waals surface area contributed by atoms with E-state index in [1.807, 2.05) is 17.0 Å². The Labute approximate surface area is 148 Å². The first kappa shape index (κ1) is 17.6. The SMILES string of the molecule is CCCn1nccc1C(=O)N1CCC[C@@H](CCc2ccccc2F)C1. The Balaban J connectivity index is 1.60. The lowest BCUT2D eigenvalue weighted by molar-refractivity contribution is 0.0655. The third kappa shape index (κ3) is 4.27. The van der Waals surface area contributed by atoms with E-state index in [0.29, 0.717) is 11.6 Å². The monoisotopic (exact) mass is 343 g/mol. The number of nitrogens with zero attached hydrogens (tertiary/aromatic N) is 3. The summed E-state index contributed by atoms with van der Waals surface area (Å²) in [5, 5.41) is 4.25. The number of carbonyl (C=O) groups excluding carboxylic acids is 1. The van der Waals surface area contributed by atoms with Crippen LogP contribution in [0.1, 0.15) is 48.7 Å². The highest BCUT2D eigenvalue weighted by atomic mass is 19.1. The first-order valence-electron chi connectivity index (χ1n) is 9.23. The molecule has 2 aromatic rings. The molecule has 0 bridgehead atoms. The summed E-state index contributed by atoms with van der Waals surface area (Å²) >= 11 is 0. The van der Waals surface area contributed by atoms with Gasteiger partial charge in [-0.25, -0.2) is 4.39 Å². The Kier molecular flexibility index (Phi) is 5.84. The Morgan fingerprint density at radius 1 is 1.32 bits per heavy atom. The van der Waals surface area contributed by atoms with Crippen LogP contribution < -0.4 is 0 Å². The Hall–Kier alpha value is -2.17. The number of hydrogen-bond donors (Lipinski definition) is 0. The molecule has 3 rings (SSSR count). The molecule has 1 amide bonds. The van der Waals surface area contributed by atoms with Crippen molar-refractivity contribution in [3.63, 3.8) is 0 Å². The molecule has 1 aliphatic heterocycles. The van der Waals surface area contributed by atoms with E-state index >= 15 is 0 Å². The number of amides is 1. The molecule has 1 aromatic heterocycles. The van der Waals surface area contributed by atoms with Gasteiger partial charge in [-0.1, -0.05) is 25.1 Å². The summed E-state index contributed by atoms with van der Waals surface area (Å²) in [6, 6.07) is 8.77. The number of benzene rings is 1. The van der Waals surface area contributed by atoms with E-state index < -0.39 is 0 Å². The average molecular weight is 343 g/mol. The Morgan fingerprint density at radius 2 is 2.16 bits per heavy atom. The van der Waals surface area contributed by atoms with Gasteiger partial charge in [0.25, 0.3) is 5.91 Å². The van der Waals surface area contributed by atoms with Gasteiger partial charge >= 0.3 is 0 Å². The van der Waals surface area contributed by atoms with Crippen molar-refractivity contribution in [2.75, 3.05) is 13.1 Å². The van der Waals surface area contributed by atoms with Crippen LogP contribution in [-0.2, 0) is 13.0 Å². The van der Waals surface area contributed by atoms with Gasteiger partial charge in [0.1, 0.15) is 11.5 Å². The number of hydrogen-bond acceptors (Lipinski definition) is 2. The van der Waals surface area contributed by atoms with Gasteiger partial charge in [-0.3, -0.25) is 9.48 Å². The molecular weight excluding hydrogens is 317 g/mol. The highest BCUT2D eigenvalue weighted by molar-refractivity contribution is 5.92. The molecule has 1 fully saturated rings. The van der Waals surface area contributed by atoms with Crippen molar-refractivity contribution in [2.24, 2.45) is 5.92 Å². The number of aromatic nitrogens is 2. The van der Waals surface area contributed by atoms with Crippen LogP contribution in [0.15, 0.2) is 36.5 Å². The molecule has 0 saturated carbocycles. The van der Waals surface area contributed by atoms with Gasteiger partial charge in [0.15, 0.2) is 0 Å². The minimum atomic E-state index is -0.130. The van der Waals surface area contributed by atoms with Crippen LogP contribution >= 0.6 is 0 Å². The predicted molar refractivity (Wildman–Crippen MR) is 95.9 cm³/mol. The van der Waals surface area contributed by atoms with Gasteiger partial charge in [-0.05, 0) is 55.7 Å². The molecule has 25 heavy (non-hydrogen) atoms. The van der Waals surface area contributed by atoms with E-state index in [2.05, 4.69) is 12.0 Å². The molecule has 5 heteroatoms. The number of rotatable bonds is 6. The summed E-state index contributed by atoms with van der Waals surface area (Å²) in [7, 11) is 0. The molecular formula is C20H26FN3O. The van der Waals surface area contributed by atoms with Crippen molar-refractivity contribution in [3.05, 3.63) is 53.6 Å². The largest absolute Gasteiger partial charge is 0.337 e. The molecule has 1 aromatic carbocycles. The molecule has 0 N–H and O–H groups in total. The number of halogens is 1. The van der Waals surface area contributed by atoms with E-state index in [4.69, 9.17) is 0 Å². The smallest absolute Gasteiger partial charge is 0.272 e. The highest BCUT2D eigenvalue weighted by Crippen LogP contribution is 2.23. The van der Waals surface area contributed by atoms with Crippen LogP contribution in [0.25, 0.3) is 0 Å². The summed E-state index contributed by atoms with van der Waals surface area (Å²) in [4.78, 5) is 14.8. The molecule has 0 aliphatic carbocycles. The third-order valence-corrected chi connectivity index (χ3v) is 4.96. The Morgan fingerprint density at radius 3 is 2.96 bits per heavy atom. The molecule has 1 saturated heterocycles. The van der Waals surface area contributed by atoms with Gasteiger partial charge in [0, 0.05) is 25.8 Å². The first-order valence-corrected chi connectivity index (χ1v) is 9.23. The number of aryl methyl sites for hydroxylation is 2. The van der Waals surface area contributed by atoms with Crippen molar-refractivity contribution in [3.8, 4) is 0 Å². The van der Waals surface area contributed by atoms with E-state index in [1.165, 1.54) is 6.07 Å². The second-order valence-electron chi connectivity index (χ2n) is 6.83. The lowest BCUT2D eigenvalue weighted by atomic mass is 9.91. The molecule has 1 aliphatic rings. The standard InChI is InChI=1S/C20H26FN3O/c1-2-13-24-19(11-12-22-24)20(25)23-14-5-6-16(15-23)9-10-17-7-3-4-8-18(17)21/h3-4,7-8,11-12,16H,2,5-6,9-10,13-15H2,1H3/t16-/m0/s1. The predicted octanol–water partition coefficient (Wildman–Crippen LogP) is 3.92. The maximum atomic E-state index is 13.8. The number of likely N-dealkylation sites (tertiary alicyclic amines) is 1. The molecule has 0 radical (unpaired) electrons. The normalized spacial score (nSPS) is 17.7. The number of carbonyl (C=O) groups is 1. The minimum absolute atomic E-state index is 0.0709. The molecule has 4 nitrogen and oxygen atoms in total. The van der Waals surface area contributed by atoms with Gasteiger partial charge in [0.05, 0.1) is 0 Å². The maximum absolute atomic E-state index is 13.8. The lowest BCUT2D eigenvalue weighted by Crippen LogP contribution is -2.41. The van der Waals surface area contributed by atoms with Crippen molar-refractivity contribution in [1.29, 1.82) is 0 Å². The molecule has 0 unspecified atom stereocenters. The fourth-order valence-electron chi connectivity index (χ4n) is 3.61. The summed E-state index contributed by atoms with van der Waals surface area (Å²) in [5.41, 5.74) is 1.45. The zero-order valence-corrected chi connectivity index (χ0v) is 14.8. The van der Waals surface area contributed by atoms with Crippen LogP contribution in [0.3, 0.4) is 0 Å². The van der Waals surface area contributed by atoms with Crippen LogP contribution in [0.4, 0.5) is 4.39 Å². The van der Waals surface area contributed by atoms with Crippen LogP contribution in [0, 0.1) is 11.7 Å². The second kappa shape index (κ2) is 8.28. The van der Waals surface area contributed by atoms with E-state index in [0.717, 1.165) is 57.3 Å². The van der Waals surface area contributed by atoms with Crippen LogP contribution in [0.2, 0.25) is 0 Å². The third-order valence-electron chi connectivity index (χ3n) is 4.96. The van der Waals surface area contributed by atoms with Gasteiger partial charge in [-0.2, -0.15) is 5.10 Å².